The van der Waals surface area contributed by atoms with Gasteiger partial charge >= 0.3 is 0 Å². The lowest BCUT2D eigenvalue weighted by Crippen LogP contribution is -2.15. The summed E-state index contributed by atoms with van der Waals surface area (Å²) in [5.74, 6) is 0.0669. The maximum atomic E-state index is 12.6. The van der Waals surface area contributed by atoms with Gasteiger partial charge in [0.2, 0.25) is 0 Å². The fraction of sp³-hybridized carbons (Fsp3) is 0.188. The van der Waals surface area contributed by atoms with Gasteiger partial charge in [0.25, 0.3) is 0 Å². The van der Waals surface area contributed by atoms with E-state index >= 15 is 0 Å². The Morgan fingerprint density at radius 1 is 1.11 bits per heavy atom. The fourth-order valence-corrected chi connectivity index (χ4v) is 2.61. The molecule has 1 N–H and O–H groups in total. The number of hydrogen-bond acceptors (Lipinski definition) is 2. The van der Waals surface area contributed by atoms with Crippen LogP contribution >= 0.6 is 11.6 Å². The molecule has 2 aromatic rings. The van der Waals surface area contributed by atoms with Crippen LogP contribution in [0.2, 0.25) is 5.02 Å². The molecule has 0 aromatic heterocycles. The molecule has 0 fully saturated rings. The quantitative estimate of drug-likeness (QED) is 0.839. The van der Waals surface area contributed by atoms with Crippen molar-refractivity contribution in [3.63, 3.8) is 0 Å². The van der Waals surface area contributed by atoms with Crippen molar-refractivity contribution in [2.24, 2.45) is 0 Å². The maximum Gasteiger partial charge on any atom is 0.193 e. The van der Waals surface area contributed by atoms with Gasteiger partial charge in [0.05, 0.1) is 0 Å². The Labute approximate surface area is 117 Å². The smallest absolute Gasteiger partial charge is 0.193 e. The molecule has 0 unspecified atom stereocenters. The van der Waals surface area contributed by atoms with Gasteiger partial charge in [-0.2, -0.15) is 0 Å². The van der Waals surface area contributed by atoms with Gasteiger partial charge in [-0.3, -0.25) is 4.79 Å². The van der Waals surface area contributed by atoms with Crippen molar-refractivity contribution in [2.45, 2.75) is 12.8 Å². The van der Waals surface area contributed by atoms with Crippen molar-refractivity contribution in [1.82, 2.24) is 0 Å². The molecule has 1 aliphatic heterocycles. The molecular formula is C16H14ClNO. The van der Waals surface area contributed by atoms with Crippen LogP contribution in [-0.4, -0.2) is 12.3 Å². The first-order valence-electron chi connectivity index (χ1n) is 6.42. The third-order valence-corrected chi connectivity index (χ3v) is 3.70. The molecule has 2 aromatic carbocycles. The van der Waals surface area contributed by atoms with Crippen LogP contribution in [-0.2, 0) is 6.42 Å². The van der Waals surface area contributed by atoms with E-state index in [0.29, 0.717) is 10.6 Å². The molecular weight excluding hydrogens is 258 g/mol. The zero-order valence-corrected chi connectivity index (χ0v) is 11.2. The number of ketones is 1. The Morgan fingerprint density at radius 2 is 1.89 bits per heavy atom. The van der Waals surface area contributed by atoms with Crippen LogP contribution in [0.4, 0.5) is 5.69 Å². The summed E-state index contributed by atoms with van der Waals surface area (Å²) in [5, 5.41) is 3.99. The highest BCUT2D eigenvalue weighted by Crippen LogP contribution is 2.27. The Hall–Kier alpha value is -1.80. The third-order valence-electron chi connectivity index (χ3n) is 3.45. The standard InChI is InChI=1S/C16H14ClNO/c17-12-8-6-11(7-9-12)16(19)14-3-1-5-15-13(14)4-2-10-18-15/h1,3,5-9,18H,2,4,10H2. The summed E-state index contributed by atoms with van der Waals surface area (Å²) in [7, 11) is 0. The zero-order chi connectivity index (χ0) is 13.2. The molecule has 0 atom stereocenters. The first-order chi connectivity index (χ1) is 9.25. The predicted molar refractivity (Wildman–Crippen MR) is 78.1 cm³/mol. The minimum Gasteiger partial charge on any atom is -0.385 e. The van der Waals surface area contributed by atoms with E-state index in [1.165, 1.54) is 0 Å². The number of halogens is 1. The van der Waals surface area contributed by atoms with Crippen molar-refractivity contribution < 1.29 is 4.79 Å². The van der Waals surface area contributed by atoms with Crippen LogP contribution in [0.15, 0.2) is 42.5 Å². The van der Waals surface area contributed by atoms with Crippen molar-refractivity contribution >= 4 is 23.1 Å². The third kappa shape index (κ3) is 2.36. The minimum absolute atomic E-state index is 0.0669. The number of anilines is 1. The van der Waals surface area contributed by atoms with E-state index in [4.69, 9.17) is 11.6 Å². The molecule has 0 saturated carbocycles. The monoisotopic (exact) mass is 271 g/mol. The lowest BCUT2D eigenvalue weighted by Gasteiger charge is -2.20. The number of carbonyl (C=O) groups is 1. The molecule has 3 rings (SSSR count). The topological polar surface area (TPSA) is 29.1 Å². The van der Waals surface area contributed by atoms with E-state index in [9.17, 15) is 4.79 Å². The first-order valence-corrected chi connectivity index (χ1v) is 6.79. The normalized spacial score (nSPS) is 13.5. The van der Waals surface area contributed by atoms with Crippen molar-refractivity contribution in [1.29, 1.82) is 0 Å². The first kappa shape index (κ1) is 12.2. The minimum atomic E-state index is 0.0669. The van der Waals surface area contributed by atoms with Crippen molar-refractivity contribution in [2.75, 3.05) is 11.9 Å². The molecule has 19 heavy (non-hydrogen) atoms. The Bertz CT molecular complexity index is 619. The number of rotatable bonds is 2. The number of fused-ring (bicyclic) bond motifs is 1. The number of hydrogen-bond donors (Lipinski definition) is 1. The number of nitrogens with one attached hydrogen (secondary N) is 1. The van der Waals surface area contributed by atoms with E-state index in [1.807, 2.05) is 18.2 Å². The Balaban J connectivity index is 2.02. The van der Waals surface area contributed by atoms with E-state index in [0.717, 1.165) is 36.2 Å². The second-order valence-corrected chi connectivity index (χ2v) is 5.13. The summed E-state index contributed by atoms with van der Waals surface area (Å²) >= 11 is 5.86. The summed E-state index contributed by atoms with van der Waals surface area (Å²) in [5.41, 5.74) is 3.70. The molecule has 1 heterocycles. The van der Waals surface area contributed by atoms with Crippen LogP contribution in [0.3, 0.4) is 0 Å². The van der Waals surface area contributed by atoms with Gasteiger partial charge in [-0.15, -0.1) is 0 Å². The molecule has 0 saturated heterocycles. The number of benzene rings is 2. The van der Waals surface area contributed by atoms with E-state index in [2.05, 4.69) is 5.32 Å². The summed E-state index contributed by atoms with van der Waals surface area (Å²) < 4.78 is 0. The summed E-state index contributed by atoms with van der Waals surface area (Å²) in [6.45, 7) is 0.978. The summed E-state index contributed by atoms with van der Waals surface area (Å²) in [6, 6.07) is 12.9. The Kier molecular flexibility index (Phi) is 3.26. The molecule has 0 amide bonds. The van der Waals surface area contributed by atoms with E-state index in [-0.39, 0.29) is 5.78 Å². The highest BCUT2D eigenvalue weighted by Gasteiger charge is 2.18. The van der Waals surface area contributed by atoms with Gasteiger partial charge in [0, 0.05) is 28.4 Å². The molecule has 0 bridgehead atoms. The van der Waals surface area contributed by atoms with Crippen LogP contribution in [0.25, 0.3) is 0 Å². The predicted octanol–water partition coefficient (Wildman–Crippen LogP) is 3.93. The van der Waals surface area contributed by atoms with Crippen LogP contribution in [0, 0.1) is 0 Å². The largest absolute Gasteiger partial charge is 0.385 e. The maximum absolute atomic E-state index is 12.6. The van der Waals surface area contributed by atoms with Crippen LogP contribution in [0.5, 0.6) is 0 Å². The van der Waals surface area contributed by atoms with Gasteiger partial charge in [0.1, 0.15) is 0 Å². The van der Waals surface area contributed by atoms with Crippen LogP contribution in [0.1, 0.15) is 27.9 Å². The molecule has 3 heteroatoms. The molecule has 96 valence electrons. The molecule has 0 aliphatic carbocycles. The summed E-state index contributed by atoms with van der Waals surface area (Å²) in [6.07, 6.45) is 2.02. The van der Waals surface area contributed by atoms with Crippen molar-refractivity contribution in [3.05, 3.63) is 64.2 Å². The van der Waals surface area contributed by atoms with E-state index < -0.39 is 0 Å². The van der Waals surface area contributed by atoms with E-state index in [1.54, 1.807) is 24.3 Å². The zero-order valence-electron chi connectivity index (χ0n) is 10.4. The van der Waals surface area contributed by atoms with Gasteiger partial charge in [-0.25, -0.2) is 0 Å². The lowest BCUT2D eigenvalue weighted by atomic mass is 9.92. The average Bonchev–Trinajstić information content (AvgIpc) is 2.47. The van der Waals surface area contributed by atoms with Crippen LogP contribution < -0.4 is 5.32 Å². The SMILES string of the molecule is O=C(c1ccc(Cl)cc1)c1cccc2c1CCCN2. The molecule has 2 nitrogen and oxygen atoms in total. The van der Waals surface area contributed by atoms with Gasteiger partial charge in [-0.1, -0.05) is 23.7 Å². The average molecular weight is 272 g/mol. The fourth-order valence-electron chi connectivity index (χ4n) is 2.48. The molecule has 1 aliphatic rings. The second-order valence-electron chi connectivity index (χ2n) is 4.70. The number of carbonyl (C=O) groups excluding carboxylic acids is 1. The van der Waals surface area contributed by atoms with Gasteiger partial charge in [0.15, 0.2) is 5.78 Å². The second kappa shape index (κ2) is 5.06. The lowest BCUT2D eigenvalue weighted by molar-refractivity contribution is 0.103. The van der Waals surface area contributed by atoms with Gasteiger partial charge in [-0.05, 0) is 48.7 Å². The van der Waals surface area contributed by atoms with Crippen molar-refractivity contribution in [3.8, 4) is 0 Å². The molecule has 0 spiro atoms. The highest BCUT2D eigenvalue weighted by atomic mass is 35.5. The van der Waals surface area contributed by atoms with Gasteiger partial charge < -0.3 is 5.32 Å². The summed E-state index contributed by atoms with van der Waals surface area (Å²) in [4.78, 5) is 12.6. The molecule has 0 radical (unpaired) electrons. The Morgan fingerprint density at radius 3 is 2.68 bits per heavy atom. The highest BCUT2D eigenvalue weighted by molar-refractivity contribution is 6.30.